The van der Waals surface area contributed by atoms with Gasteiger partial charge in [-0.2, -0.15) is 0 Å². The van der Waals surface area contributed by atoms with Gasteiger partial charge in [0.15, 0.2) is 5.11 Å². The van der Waals surface area contributed by atoms with Gasteiger partial charge in [0.2, 0.25) is 0 Å². The molecule has 1 aromatic rings. The molecule has 1 heterocycles. The Morgan fingerprint density at radius 1 is 1.64 bits per heavy atom. The number of pyridine rings is 1. The van der Waals surface area contributed by atoms with E-state index in [1.165, 1.54) is 6.20 Å². The molecule has 5 nitrogen and oxygen atoms in total. The summed E-state index contributed by atoms with van der Waals surface area (Å²) in [6.45, 7) is 0. The Morgan fingerprint density at radius 3 is 3.00 bits per heavy atom. The Kier molecular flexibility index (Phi) is 3.81. The summed E-state index contributed by atoms with van der Waals surface area (Å²) in [6.07, 6.45) is 3.07. The monoisotopic (exact) mass is 212 g/mol. The van der Waals surface area contributed by atoms with Crippen LogP contribution >= 0.6 is 12.2 Å². The molecule has 0 aliphatic carbocycles. The smallest absolute Gasteiger partial charge is 0.271 e. The summed E-state index contributed by atoms with van der Waals surface area (Å²) in [5, 5.41) is 3.01. The second kappa shape index (κ2) is 5.13. The van der Waals surface area contributed by atoms with E-state index in [2.05, 4.69) is 21.2 Å². The highest BCUT2D eigenvalue weighted by Crippen LogP contribution is 1.93. The highest BCUT2D eigenvalue weighted by molar-refractivity contribution is 7.80. The normalized spacial score (nSPS) is 8.93. The molecule has 14 heavy (non-hydrogen) atoms. The predicted molar refractivity (Wildman–Crippen MR) is 56.5 cm³/mol. The Hall–Kier alpha value is -1.69. The van der Waals surface area contributed by atoms with Crippen LogP contribution in [0.1, 0.15) is 10.4 Å². The molecule has 0 saturated carbocycles. The van der Waals surface area contributed by atoms with E-state index < -0.39 is 0 Å². The molecule has 1 aromatic heterocycles. The summed E-state index contributed by atoms with van der Waals surface area (Å²) in [4.78, 5) is 15.2. The molecule has 74 valence electrons. The summed E-state index contributed by atoms with van der Waals surface area (Å²) in [6, 6.07) is 3.34. The van der Waals surface area contributed by atoms with E-state index in [0.29, 0.717) is 10.7 Å². The Labute approximate surface area is 86.9 Å². The highest BCUT2D eigenvalue weighted by Gasteiger charge is 2.03. The number of nitrogens with one attached hydrogen (secondary N) is 3. The van der Waals surface area contributed by atoms with Crippen LogP contribution in [0.4, 0.5) is 0 Å². The van der Waals surface area contributed by atoms with E-state index in [4.69, 9.17) is 12.2 Å². The Bertz CT molecular complexity index is 327. The number of thiocarbonyl (C=S) groups is 1. The number of carbonyl (C=O) groups excluding carboxylic acids is 1. The molecule has 3 N–H and O–H groups in total. The number of nitrogens with zero attached hydrogens (tertiary/aromatic N) is 1. The van der Waals surface area contributed by atoms with Crippen molar-refractivity contribution >= 4 is 23.2 Å². The van der Waals surface area contributed by atoms with Crippen molar-refractivity contribution in [1.82, 2.24) is 21.2 Å². The average Bonchev–Trinajstić information content (AvgIpc) is 2.26. The zero-order valence-electron chi connectivity index (χ0n) is 7.57. The quantitative estimate of drug-likeness (QED) is 0.445. The summed E-state index contributed by atoms with van der Waals surface area (Å²) in [5.74, 6) is -0.282. The van der Waals surface area contributed by atoms with Crippen LogP contribution in [0.3, 0.4) is 0 Å². The van der Waals surface area contributed by atoms with Gasteiger partial charge in [0.1, 0.15) is 0 Å². The van der Waals surface area contributed by atoms with Gasteiger partial charge in [-0.05, 0) is 24.4 Å². The van der Waals surface area contributed by atoms with Gasteiger partial charge in [0.25, 0.3) is 5.91 Å². The SMILES string of the molecule is CN[14C](=S)NNC(=O)c1cccnc1. The third-order valence-corrected chi connectivity index (χ3v) is 1.75. The van der Waals surface area contributed by atoms with E-state index in [-0.39, 0.29) is 5.91 Å². The van der Waals surface area contributed by atoms with E-state index >= 15 is 0 Å². The maximum absolute atomic E-state index is 11.4. The minimum absolute atomic E-state index is 0.282. The van der Waals surface area contributed by atoms with Crippen LogP contribution in [-0.4, -0.2) is 23.1 Å². The van der Waals surface area contributed by atoms with Crippen molar-refractivity contribution in [3.05, 3.63) is 30.1 Å². The van der Waals surface area contributed by atoms with Crippen molar-refractivity contribution in [3.8, 4) is 0 Å². The van der Waals surface area contributed by atoms with Crippen LogP contribution < -0.4 is 16.2 Å². The van der Waals surface area contributed by atoms with Gasteiger partial charge < -0.3 is 5.32 Å². The molecule has 0 fully saturated rings. The number of hydrogen-bond donors (Lipinski definition) is 3. The average molecular weight is 212 g/mol. The lowest BCUT2D eigenvalue weighted by atomic mass is 10.3. The molecular weight excluding hydrogens is 202 g/mol. The van der Waals surface area contributed by atoms with Gasteiger partial charge >= 0.3 is 0 Å². The molecular formula is C8H10N4OS. The van der Waals surface area contributed by atoms with E-state index in [1.807, 2.05) is 0 Å². The lowest BCUT2D eigenvalue weighted by molar-refractivity contribution is 0.0943. The van der Waals surface area contributed by atoms with Crippen LogP contribution in [0.15, 0.2) is 24.5 Å². The maximum Gasteiger partial charge on any atom is 0.271 e. The van der Waals surface area contributed by atoms with Gasteiger partial charge in [-0.15, -0.1) is 0 Å². The summed E-state index contributed by atoms with van der Waals surface area (Å²) in [5.41, 5.74) is 5.41. The standard InChI is InChI=1S/C8H10N4OS/c1-9-8(14)12-11-7(13)6-3-2-4-10-5-6/h2-5H,1H3,(H,11,13)(H2,9,12,14)/i8+2. The van der Waals surface area contributed by atoms with Crippen LogP contribution in [-0.2, 0) is 0 Å². The van der Waals surface area contributed by atoms with Crippen molar-refractivity contribution in [2.75, 3.05) is 7.05 Å². The van der Waals surface area contributed by atoms with Crippen LogP contribution in [0.2, 0.25) is 0 Å². The largest absolute Gasteiger partial charge is 0.364 e. The maximum atomic E-state index is 11.4. The number of hydrazine groups is 1. The Balaban J connectivity index is 2.48. The van der Waals surface area contributed by atoms with Crippen molar-refractivity contribution in [1.29, 1.82) is 0 Å². The molecule has 0 spiro atoms. The van der Waals surface area contributed by atoms with Crippen molar-refractivity contribution < 1.29 is 4.79 Å². The zero-order valence-corrected chi connectivity index (χ0v) is 8.39. The number of rotatable bonds is 1. The lowest BCUT2D eigenvalue weighted by Gasteiger charge is -2.07. The fourth-order valence-corrected chi connectivity index (χ4v) is 0.796. The molecule has 0 radical (unpaired) electrons. The molecule has 0 atom stereocenters. The fourth-order valence-electron chi connectivity index (χ4n) is 0.745. The van der Waals surface area contributed by atoms with E-state index in [0.717, 1.165) is 0 Å². The second-order valence-electron chi connectivity index (χ2n) is 2.40. The van der Waals surface area contributed by atoms with Crippen LogP contribution in [0.25, 0.3) is 0 Å². The van der Waals surface area contributed by atoms with Crippen LogP contribution in [0, 0.1) is 0 Å². The lowest BCUT2D eigenvalue weighted by Crippen LogP contribution is -2.45. The Morgan fingerprint density at radius 2 is 2.43 bits per heavy atom. The van der Waals surface area contributed by atoms with Crippen molar-refractivity contribution in [2.24, 2.45) is 0 Å². The number of carbonyl (C=O) groups is 1. The van der Waals surface area contributed by atoms with Gasteiger partial charge in [-0.1, -0.05) is 0 Å². The first-order valence-corrected chi connectivity index (χ1v) is 4.33. The first-order valence-electron chi connectivity index (χ1n) is 3.92. The fraction of sp³-hybridized carbons (Fsp3) is 0.125. The predicted octanol–water partition coefficient (Wildman–Crippen LogP) is -0.180. The first-order chi connectivity index (χ1) is 6.74. The minimum atomic E-state index is -0.282. The molecule has 0 aliphatic rings. The zero-order chi connectivity index (χ0) is 10.4. The molecule has 0 bridgehead atoms. The minimum Gasteiger partial charge on any atom is -0.364 e. The van der Waals surface area contributed by atoms with Gasteiger partial charge in [0, 0.05) is 19.4 Å². The molecule has 0 unspecified atom stereocenters. The number of hydrogen-bond acceptors (Lipinski definition) is 3. The van der Waals surface area contributed by atoms with Crippen molar-refractivity contribution in [3.63, 3.8) is 0 Å². The molecule has 0 saturated heterocycles. The van der Waals surface area contributed by atoms with Crippen molar-refractivity contribution in [2.45, 2.75) is 0 Å². The second-order valence-corrected chi connectivity index (χ2v) is 2.81. The van der Waals surface area contributed by atoms with E-state index in [9.17, 15) is 4.79 Å². The summed E-state index contributed by atoms with van der Waals surface area (Å²) >= 11 is 4.77. The summed E-state index contributed by atoms with van der Waals surface area (Å²) < 4.78 is 0. The third kappa shape index (κ3) is 2.98. The molecule has 0 aliphatic heterocycles. The molecule has 6 heteroatoms. The van der Waals surface area contributed by atoms with Gasteiger partial charge in [0.05, 0.1) is 5.56 Å². The molecule has 0 aromatic carbocycles. The number of aromatic nitrogens is 1. The molecule has 1 amide bonds. The highest BCUT2D eigenvalue weighted by atomic mass is 32.1. The topological polar surface area (TPSA) is 66.0 Å². The number of amides is 1. The summed E-state index contributed by atoms with van der Waals surface area (Å²) in [7, 11) is 1.66. The van der Waals surface area contributed by atoms with Crippen LogP contribution in [0.5, 0.6) is 0 Å². The third-order valence-electron chi connectivity index (χ3n) is 1.44. The first kappa shape index (κ1) is 10.4. The van der Waals surface area contributed by atoms with E-state index in [1.54, 1.807) is 25.4 Å². The molecule has 1 rings (SSSR count). The van der Waals surface area contributed by atoms with Gasteiger partial charge in [-0.25, -0.2) is 0 Å². The van der Waals surface area contributed by atoms with Gasteiger partial charge in [-0.3, -0.25) is 20.6 Å².